The van der Waals surface area contributed by atoms with Crippen LogP contribution in [-0.2, 0) is 0 Å². The van der Waals surface area contributed by atoms with Crippen LogP contribution in [0.1, 0.15) is 20.8 Å². The van der Waals surface area contributed by atoms with Gasteiger partial charge in [-0.3, -0.25) is 0 Å². The molecule has 0 aliphatic rings. The minimum absolute atomic E-state index is 0.00891. The molecule has 2 heteroatoms. The average molecular weight is 198 g/mol. The molecule has 0 heterocycles. The molecular weight excluding hydrogens is 180 g/mol. The molecule has 13 heavy (non-hydrogen) atoms. The summed E-state index contributed by atoms with van der Waals surface area (Å²) in [5.74, 6) is 0.154. The van der Waals surface area contributed by atoms with E-state index in [0.717, 1.165) is 0 Å². The molecule has 0 bridgehead atoms. The Bertz CT molecular complexity index is 214. The predicted molar refractivity (Wildman–Crippen MR) is 61.8 cm³/mol. The molecule has 0 saturated carbocycles. The van der Waals surface area contributed by atoms with Gasteiger partial charge in [-0.15, -0.1) is 11.8 Å². The molecule has 0 atom stereocenters. The molecule has 0 aliphatic carbocycles. The topological polar surface area (TPSA) is 20.2 Å². The fraction of sp³-hybridized carbons (Fsp3) is 0.455. The van der Waals surface area contributed by atoms with Crippen molar-refractivity contribution in [3.8, 4) is 0 Å². The van der Waals surface area contributed by atoms with Crippen molar-refractivity contribution in [1.82, 2.24) is 0 Å². The Morgan fingerprint density at radius 1 is 1.54 bits per heavy atom. The maximum Gasteiger partial charge on any atom is 0.0894 e. The van der Waals surface area contributed by atoms with Crippen molar-refractivity contribution in [1.29, 1.82) is 0 Å². The first-order chi connectivity index (χ1) is 6.02. The summed E-state index contributed by atoms with van der Waals surface area (Å²) in [5.41, 5.74) is 1.17. The summed E-state index contributed by atoms with van der Waals surface area (Å²) in [4.78, 5) is 0. The van der Waals surface area contributed by atoms with Gasteiger partial charge in [0.25, 0.3) is 0 Å². The molecule has 0 fully saturated rings. The van der Waals surface area contributed by atoms with Gasteiger partial charge in [-0.05, 0) is 20.8 Å². The van der Waals surface area contributed by atoms with Crippen LogP contribution < -0.4 is 0 Å². The fourth-order valence-electron chi connectivity index (χ4n) is 0.788. The number of hydrogen-bond donors (Lipinski definition) is 1. The lowest BCUT2D eigenvalue weighted by Gasteiger charge is -2.17. The van der Waals surface area contributed by atoms with Gasteiger partial charge in [0.15, 0.2) is 0 Å². The lowest BCUT2D eigenvalue weighted by atomic mass is 10.1. The quantitative estimate of drug-likeness (QED) is 0.541. The second-order valence-corrected chi connectivity index (χ2v) is 4.96. The Morgan fingerprint density at radius 3 is 2.62 bits per heavy atom. The van der Waals surface area contributed by atoms with Crippen molar-refractivity contribution in [2.75, 3.05) is 5.94 Å². The van der Waals surface area contributed by atoms with Crippen molar-refractivity contribution in [3.63, 3.8) is 0 Å². The van der Waals surface area contributed by atoms with Gasteiger partial charge in [0.2, 0.25) is 0 Å². The van der Waals surface area contributed by atoms with E-state index in [4.69, 9.17) is 5.11 Å². The van der Waals surface area contributed by atoms with Gasteiger partial charge in [0.1, 0.15) is 0 Å². The van der Waals surface area contributed by atoms with Gasteiger partial charge in [0.05, 0.1) is 5.94 Å². The maximum atomic E-state index is 8.77. The Labute approximate surface area is 85.2 Å². The largest absolute Gasteiger partial charge is 0.386 e. The zero-order chi connectivity index (χ0) is 10.3. The number of aliphatic hydroxyl groups excluding tert-OH is 1. The predicted octanol–water partition coefficient (Wildman–Crippen LogP) is 3.14. The highest BCUT2D eigenvalue weighted by Crippen LogP contribution is 2.25. The van der Waals surface area contributed by atoms with Crippen LogP contribution in [0.4, 0.5) is 0 Å². The molecule has 0 aromatic rings. The molecule has 74 valence electrons. The number of allylic oxidation sites excluding steroid dienone is 4. The number of aliphatic hydroxyl groups is 1. The van der Waals surface area contributed by atoms with Crippen LogP contribution in [0.5, 0.6) is 0 Å². The molecule has 0 aliphatic heterocycles. The number of rotatable bonds is 5. The minimum atomic E-state index is -0.00891. The monoisotopic (exact) mass is 198 g/mol. The second-order valence-electron chi connectivity index (χ2n) is 3.36. The summed E-state index contributed by atoms with van der Waals surface area (Å²) >= 11 is 1.51. The highest BCUT2D eigenvalue weighted by atomic mass is 32.2. The molecule has 1 nitrogen and oxygen atoms in total. The number of thioether (sulfide) groups is 1. The standard InChI is InChI=1S/C11H18OS/c1-5-6-10(2)7-8-11(3,4)13-9-12/h5-8,12H,1,9H2,2-4H3/b8-7-,10-6-. The SMILES string of the molecule is C=C/C=C(C)\C=C/C(C)(C)SCO. The van der Waals surface area contributed by atoms with Crippen molar-refractivity contribution in [2.45, 2.75) is 25.5 Å². The van der Waals surface area contributed by atoms with Gasteiger partial charge < -0.3 is 5.11 Å². The lowest BCUT2D eigenvalue weighted by Crippen LogP contribution is -2.10. The van der Waals surface area contributed by atoms with E-state index in [2.05, 4.69) is 26.5 Å². The maximum absolute atomic E-state index is 8.77. The molecule has 0 amide bonds. The fourth-order valence-corrected chi connectivity index (χ4v) is 1.29. The first-order valence-corrected chi connectivity index (χ1v) is 5.24. The molecular formula is C11H18OS. The van der Waals surface area contributed by atoms with Crippen LogP contribution in [0, 0.1) is 0 Å². The van der Waals surface area contributed by atoms with Gasteiger partial charge in [-0.2, -0.15) is 0 Å². The van der Waals surface area contributed by atoms with Crippen molar-refractivity contribution >= 4 is 11.8 Å². The van der Waals surface area contributed by atoms with Crippen LogP contribution in [-0.4, -0.2) is 15.8 Å². The van der Waals surface area contributed by atoms with Crippen molar-refractivity contribution < 1.29 is 5.11 Å². The van der Waals surface area contributed by atoms with E-state index in [1.54, 1.807) is 6.08 Å². The zero-order valence-corrected chi connectivity index (χ0v) is 9.40. The van der Waals surface area contributed by atoms with Crippen LogP contribution in [0.25, 0.3) is 0 Å². The third kappa shape index (κ3) is 6.67. The van der Waals surface area contributed by atoms with Crippen LogP contribution in [0.15, 0.2) is 36.5 Å². The van der Waals surface area contributed by atoms with Gasteiger partial charge in [-0.25, -0.2) is 0 Å². The van der Waals surface area contributed by atoms with Gasteiger partial charge >= 0.3 is 0 Å². The summed E-state index contributed by atoms with van der Waals surface area (Å²) < 4.78 is -0.00891. The zero-order valence-electron chi connectivity index (χ0n) is 8.58. The average Bonchev–Trinajstić information content (AvgIpc) is 2.02. The molecule has 0 rings (SSSR count). The van der Waals surface area contributed by atoms with E-state index in [1.807, 2.05) is 19.1 Å². The lowest BCUT2D eigenvalue weighted by molar-refractivity contribution is 0.374. The summed E-state index contributed by atoms with van der Waals surface area (Å²) in [6.07, 6.45) is 7.86. The number of hydrogen-bond acceptors (Lipinski definition) is 2. The molecule has 0 saturated heterocycles. The third-order valence-electron chi connectivity index (χ3n) is 1.56. The van der Waals surface area contributed by atoms with E-state index >= 15 is 0 Å². The molecule has 0 unspecified atom stereocenters. The van der Waals surface area contributed by atoms with Crippen molar-refractivity contribution in [2.24, 2.45) is 0 Å². The first kappa shape index (κ1) is 12.5. The Hall–Kier alpha value is -0.470. The Morgan fingerprint density at radius 2 is 2.15 bits per heavy atom. The summed E-state index contributed by atoms with van der Waals surface area (Å²) in [7, 11) is 0. The molecule has 1 N–H and O–H groups in total. The van der Waals surface area contributed by atoms with Crippen molar-refractivity contribution in [3.05, 3.63) is 36.5 Å². The highest BCUT2D eigenvalue weighted by molar-refractivity contribution is 8.00. The van der Waals surface area contributed by atoms with Gasteiger partial charge in [-0.1, -0.05) is 36.5 Å². The van der Waals surface area contributed by atoms with E-state index < -0.39 is 0 Å². The normalized spacial score (nSPS) is 13.7. The summed E-state index contributed by atoms with van der Waals surface area (Å²) in [6, 6.07) is 0. The van der Waals surface area contributed by atoms with E-state index in [9.17, 15) is 0 Å². The van der Waals surface area contributed by atoms with E-state index in [-0.39, 0.29) is 10.7 Å². The van der Waals surface area contributed by atoms with Crippen LogP contribution >= 0.6 is 11.8 Å². The Balaban J connectivity index is 4.24. The van der Waals surface area contributed by atoms with E-state index in [1.165, 1.54) is 17.3 Å². The summed E-state index contributed by atoms with van der Waals surface area (Å²) in [6.45, 7) is 9.80. The first-order valence-electron chi connectivity index (χ1n) is 4.25. The second kappa shape index (κ2) is 6.06. The van der Waals surface area contributed by atoms with Crippen LogP contribution in [0.2, 0.25) is 0 Å². The smallest absolute Gasteiger partial charge is 0.0894 e. The van der Waals surface area contributed by atoms with E-state index in [0.29, 0.717) is 0 Å². The Kier molecular flexibility index (Phi) is 5.84. The molecule has 0 spiro atoms. The van der Waals surface area contributed by atoms with Gasteiger partial charge in [0, 0.05) is 4.75 Å². The third-order valence-corrected chi connectivity index (χ3v) is 2.57. The molecule has 0 aromatic carbocycles. The molecule has 0 radical (unpaired) electrons. The minimum Gasteiger partial charge on any atom is -0.386 e. The van der Waals surface area contributed by atoms with Crippen LogP contribution in [0.3, 0.4) is 0 Å². The molecule has 0 aromatic heterocycles. The summed E-state index contributed by atoms with van der Waals surface area (Å²) in [5, 5.41) is 8.77. The highest BCUT2D eigenvalue weighted by Gasteiger charge is 2.12.